The number of anilines is 1. The number of methoxy groups -OCH3 is 1. The number of ether oxygens (including phenoxy) is 2. The van der Waals surface area contributed by atoms with Crippen LogP contribution in [0.1, 0.15) is 55.1 Å². The van der Waals surface area contributed by atoms with Crippen molar-refractivity contribution in [2.24, 2.45) is 0 Å². The zero-order valence-electron chi connectivity index (χ0n) is 19.2. The summed E-state index contributed by atoms with van der Waals surface area (Å²) in [5.41, 5.74) is 3.19. The van der Waals surface area contributed by atoms with E-state index in [0.29, 0.717) is 29.1 Å². The van der Waals surface area contributed by atoms with Crippen LogP contribution in [0.4, 0.5) is 5.69 Å². The number of nitrogens with zero attached hydrogens (tertiary/aromatic N) is 1. The van der Waals surface area contributed by atoms with Crippen molar-refractivity contribution in [3.05, 3.63) is 62.6 Å². The lowest BCUT2D eigenvalue weighted by atomic mass is 9.84. The van der Waals surface area contributed by atoms with Crippen LogP contribution in [-0.4, -0.2) is 29.1 Å². The lowest BCUT2D eigenvalue weighted by Gasteiger charge is -2.32. The Labute approximate surface area is 197 Å². The summed E-state index contributed by atoms with van der Waals surface area (Å²) in [5.74, 6) is -0.244. The Hall–Kier alpha value is -3.00. The van der Waals surface area contributed by atoms with Gasteiger partial charge in [-0.25, -0.2) is 4.79 Å². The SMILES string of the molecule is CCC1=C2Cn3c(cc4c(c3=O)COC(=O)[C@]4(O)CC)C2Nc2ccc(O[P+](=O)COC)cc21. The predicted molar refractivity (Wildman–Crippen MR) is 125 cm³/mol. The van der Waals surface area contributed by atoms with Crippen LogP contribution in [0.5, 0.6) is 5.75 Å². The number of pyridine rings is 1. The number of benzene rings is 1. The molecule has 1 aromatic heterocycles. The van der Waals surface area contributed by atoms with E-state index < -0.39 is 19.6 Å². The van der Waals surface area contributed by atoms with Gasteiger partial charge < -0.3 is 24.5 Å². The number of rotatable bonds is 6. The van der Waals surface area contributed by atoms with Crippen molar-refractivity contribution in [1.82, 2.24) is 4.57 Å². The lowest BCUT2D eigenvalue weighted by molar-refractivity contribution is -0.172. The zero-order chi connectivity index (χ0) is 24.2. The van der Waals surface area contributed by atoms with Gasteiger partial charge in [-0.05, 0) is 52.8 Å². The van der Waals surface area contributed by atoms with Crippen molar-refractivity contribution in [3.63, 3.8) is 0 Å². The van der Waals surface area contributed by atoms with Crippen LogP contribution >= 0.6 is 8.03 Å². The molecule has 2 unspecified atom stereocenters. The molecule has 0 saturated carbocycles. The Kier molecular flexibility index (Phi) is 5.59. The van der Waals surface area contributed by atoms with E-state index in [4.69, 9.17) is 14.0 Å². The number of hydrogen-bond donors (Lipinski definition) is 2. The third kappa shape index (κ3) is 3.30. The lowest BCUT2D eigenvalue weighted by Crippen LogP contribution is -2.44. The van der Waals surface area contributed by atoms with E-state index >= 15 is 0 Å². The van der Waals surface area contributed by atoms with Gasteiger partial charge >= 0.3 is 14.0 Å². The van der Waals surface area contributed by atoms with Crippen LogP contribution in [0.3, 0.4) is 0 Å². The normalized spacial score (nSPS) is 22.8. The third-order valence-electron chi connectivity index (χ3n) is 6.85. The van der Waals surface area contributed by atoms with Gasteiger partial charge in [0.15, 0.2) is 11.4 Å². The highest BCUT2D eigenvalue weighted by atomic mass is 31.1. The number of esters is 1. The van der Waals surface area contributed by atoms with Crippen molar-refractivity contribution in [2.45, 2.75) is 51.5 Å². The standard InChI is InChI=1S/C24H26N2O7P/c1-4-14-15-8-13(33-34(30)12-31-3)6-7-19(15)25-21-16(14)10-26-20(21)9-18-17(22(26)27)11-32-23(28)24(18,29)5-2/h6-9,21,25,29H,4-5,10-12H2,1-3H3/q+1/t21?,24-/m0/s1. The maximum absolute atomic E-state index is 13.4. The highest BCUT2D eigenvalue weighted by Gasteiger charge is 2.46. The number of hydrogen-bond acceptors (Lipinski definition) is 8. The minimum atomic E-state index is -1.98. The summed E-state index contributed by atoms with van der Waals surface area (Å²) < 4.78 is 29.3. The van der Waals surface area contributed by atoms with Gasteiger partial charge in [0.25, 0.3) is 11.9 Å². The van der Waals surface area contributed by atoms with Crippen molar-refractivity contribution in [1.29, 1.82) is 0 Å². The van der Waals surface area contributed by atoms with Gasteiger partial charge in [-0.2, -0.15) is 0 Å². The van der Waals surface area contributed by atoms with Crippen LogP contribution in [0.2, 0.25) is 0 Å². The summed E-state index contributed by atoms with van der Waals surface area (Å²) in [6, 6.07) is 6.97. The first kappa shape index (κ1) is 22.8. The molecular formula is C24H26N2O7P+. The highest BCUT2D eigenvalue weighted by Crippen LogP contribution is 2.47. The van der Waals surface area contributed by atoms with E-state index in [1.54, 1.807) is 23.6 Å². The number of aliphatic hydroxyl groups is 1. The van der Waals surface area contributed by atoms with Crippen molar-refractivity contribution >= 4 is 25.3 Å². The number of fused-ring (bicyclic) bond motifs is 5. The molecule has 34 heavy (non-hydrogen) atoms. The fourth-order valence-electron chi connectivity index (χ4n) is 5.14. The molecule has 2 N–H and O–H groups in total. The molecular weight excluding hydrogens is 459 g/mol. The summed E-state index contributed by atoms with van der Waals surface area (Å²) in [5, 5.41) is 14.6. The molecule has 178 valence electrons. The Morgan fingerprint density at radius 3 is 2.79 bits per heavy atom. The zero-order valence-corrected chi connectivity index (χ0v) is 20.1. The second-order valence-corrected chi connectivity index (χ2v) is 9.73. The summed E-state index contributed by atoms with van der Waals surface area (Å²) in [6.07, 6.45) is 0.838. The number of nitrogens with one attached hydrogen (secondary N) is 1. The Bertz CT molecular complexity index is 1320. The van der Waals surface area contributed by atoms with Crippen LogP contribution in [0.15, 0.2) is 34.6 Å². The van der Waals surface area contributed by atoms with Crippen molar-refractivity contribution in [3.8, 4) is 5.75 Å². The van der Waals surface area contributed by atoms with Crippen LogP contribution in [0, 0.1) is 0 Å². The minimum Gasteiger partial charge on any atom is -0.458 e. The van der Waals surface area contributed by atoms with Crippen LogP contribution in [0.25, 0.3) is 5.57 Å². The van der Waals surface area contributed by atoms with Crippen LogP contribution < -0.4 is 15.4 Å². The summed E-state index contributed by atoms with van der Waals surface area (Å²) >= 11 is 0. The summed E-state index contributed by atoms with van der Waals surface area (Å²) in [6.45, 7) is 3.99. The summed E-state index contributed by atoms with van der Waals surface area (Å²) in [4.78, 5) is 25.8. The number of cyclic esters (lactones) is 1. The van der Waals surface area contributed by atoms with Gasteiger partial charge in [-0.15, -0.1) is 0 Å². The topological polar surface area (TPSA) is 116 Å². The number of carbonyl (C=O) groups excluding carboxylic acids is 1. The first-order chi connectivity index (χ1) is 16.3. The van der Waals surface area contributed by atoms with Gasteiger partial charge in [-0.1, -0.05) is 13.8 Å². The third-order valence-corrected chi connectivity index (χ3v) is 7.73. The number of allylic oxidation sites excluding steroid dienone is 1. The first-order valence-corrected chi connectivity index (χ1v) is 12.6. The van der Waals surface area contributed by atoms with Gasteiger partial charge in [0.2, 0.25) is 0 Å². The molecule has 5 rings (SSSR count). The maximum atomic E-state index is 13.4. The highest BCUT2D eigenvalue weighted by molar-refractivity contribution is 7.39. The van der Waals surface area contributed by atoms with Crippen molar-refractivity contribution in [2.75, 3.05) is 18.8 Å². The predicted octanol–water partition coefficient (Wildman–Crippen LogP) is 3.57. The first-order valence-electron chi connectivity index (χ1n) is 11.2. The molecule has 2 aromatic rings. The molecule has 1 aromatic carbocycles. The molecule has 10 heteroatoms. The Morgan fingerprint density at radius 2 is 2.09 bits per heavy atom. The van der Waals surface area contributed by atoms with E-state index in [9.17, 15) is 19.3 Å². The second kappa shape index (κ2) is 8.34. The Balaban J connectivity index is 1.61. The number of carbonyl (C=O) groups is 1. The average molecular weight is 485 g/mol. The van der Waals surface area contributed by atoms with Crippen molar-refractivity contribution < 1.29 is 28.5 Å². The minimum absolute atomic E-state index is 0.00762. The molecule has 0 amide bonds. The smallest absolute Gasteiger partial charge is 0.458 e. The molecule has 0 bridgehead atoms. The molecule has 0 spiro atoms. The quantitative estimate of drug-likeness (QED) is 0.471. The van der Waals surface area contributed by atoms with E-state index in [1.165, 1.54) is 7.11 Å². The summed E-state index contributed by atoms with van der Waals surface area (Å²) in [7, 11) is -0.513. The molecule has 4 heterocycles. The van der Waals surface area contributed by atoms with Gasteiger partial charge in [0.1, 0.15) is 6.61 Å². The molecule has 0 aliphatic carbocycles. The fourth-order valence-corrected chi connectivity index (χ4v) is 5.75. The Morgan fingerprint density at radius 1 is 1.29 bits per heavy atom. The van der Waals surface area contributed by atoms with Gasteiger partial charge in [-0.3, -0.25) is 9.32 Å². The average Bonchev–Trinajstić information content (AvgIpc) is 3.19. The van der Waals surface area contributed by atoms with E-state index in [0.717, 1.165) is 28.8 Å². The largest absolute Gasteiger partial charge is 0.585 e. The second-order valence-electron chi connectivity index (χ2n) is 8.63. The van der Waals surface area contributed by atoms with E-state index in [1.807, 2.05) is 19.1 Å². The molecule has 9 nitrogen and oxygen atoms in total. The van der Waals surface area contributed by atoms with E-state index in [2.05, 4.69) is 5.32 Å². The molecule has 3 aliphatic rings. The number of aromatic nitrogens is 1. The van der Waals surface area contributed by atoms with Gasteiger partial charge in [0.05, 0.1) is 11.6 Å². The van der Waals surface area contributed by atoms with Gasteiger partial charge in [0, 0.05) is 36.2 Å². The van der Waals surface area contributed by atoms with Crippen LogP contribution in [-0.2, 0) is 37.6 Å². The maximum Gasteiger partial charge on any atom is 0.585 e. The van der Waals surface area contributed by atoms with E-state index in [-0.39, 0.29) is 31.0 Å². The molecule has 0 radical (unpaired) electrons. The molecule has 0 saturated heterocycles. The monoisotopic (exact) mass is 485 g/mol. The molecule has 0 fully saturated rings. The molecule has 3 atom stereocenters. The fraction of sp³-hybridized carbons (Fsp3) is 0.417. The molecule has 3 aliphatic heterocycles.